The molecule has 0 fully saturated rings. The van der Waals surface area contributed by atoms with Gasteiger partial charge in [0.2, 0.25) is 5.91 Å². The largest absolute Gasteiger partial charge is 0.399 e. The van der Waals surface area contributed by atoms with E-state index in [1.54, 1.807) is 24.3 Å². The van der Waals surface area contributed by atoms with Gasteiger partial charge in [0.1, 0.15) is 0 Å². The monoisotopic (exact) mass is 319 g/mol. The van der Waals surface area contributed by atoms with Gasteiger partial charge in [0.15, 0.2) is 0 Å². The highest BCUT2D eigenvalue weighted by Crippen LogP contribution is 2.24. The molecule has 0 radical (unpaired) electrons. The Morgan fingerprint density at radius 1 is 0.917 bits per heavy atom. The summed E-state index contributed by atoms with van der Waals surface area (Å²) in [6, 6.07) is 19.4. The maximum atomic E-state index is 12.6. The van der Waals surface area contributed by atoms with Gasteiger partial charge in [-0.15, -0.1) is 0 Å². The molecule has 0 saturated heterocycles. The number of urea groups is 1. The summed E-state index contributed by atoms with van der Waals surface area (Å²) < 4.78 is 0. The van der Waals surface area contributed by atoms with Gasteiger partial charge in [0.25, 0.3) is 0 Å². The van der Waals surface area contributed by atoms with Crippen molar-refractivity contribution in [3.05, 3.63) is 66.7 Å². The number of carbonyl (C=O) groups excluding carboxylic acids is 2. The van der Waals surface area contributed by atoms with Crippen molar-refractivity contribution in [2.45, 2.75) is 6.92 Å². The van der Waals surface area contributed by atoms with E-state index >= 15 is 0 Å². The van der Waals surface area contributed by atoms with E-state index in [1.165, 1.54) is 6.92 Å². The summed E-state index contributed by atoms with van der Waals surface area (Å²) >= 11 is 0. The Kier molecular flexibility index (Phi) is 4.16. The average molecular weight is 319 g/mol. The standard InChI is InChI=1S/C19H17N3O2/c1-13(23)22(16-11-9-15(20)10-12-16)19(24)21-18-8-4-6-14-5-2-3-7-17(14)18/h2-12H,20H2,1H3,(H,21,24). The van der Waals surface area contributed by atoms with Crippen LogP contribution in [0.2, 0.25) is 0 Å². The molecule has 3 aromatic rings. The van der Waals surface area contributed by atoms with Crippen molar-refractivity contribution < 1.29 is 9.59 Å². The molecule has 3 amide bonds. The normalized spacial score (nSPS) is 10.4. The van der Waals surface area contributed by atoms with Crippen molar-refractivity contribution in [2.24, 2.45) is 0 Å². The number of benzene rings is 3. The number of carbonyl (C=O) groups is 2. The third kappa shape index (κ3) is 3.05. The number of nitrogens with one attached hydrogen (secondary N) is 1. The lowest BCUT2D eigenvalue weighted by Crippen LogP contribution is -2.38. The summed E-state index contributed by atoms with van der Waals surface area (Å²) in [5, 5.41) is 4.74. The Morgan fingerprint density at radius 2 is 1.58 bits per heavy atom. The fraction of sp³-hybridized carbons (Fsp3) is 0.0526. The van der Waals surface area contributed by atoms with E-state index in [4.69, 9.17) is 5.73 Å². The topological polar surface area (TPSA) is 75.4 Å². The van der Waals surface area contributed by atoms with Crippen LogP contribution in [0, 0.1) is 0 Å². The minimum absolute atomic E-state index is 0.377. The quantitative estimate of drug-likeness (QED) is 0.701. The number of imide groups is 1. The van der Waals surface area contributed by atoms with Crippen molar-refractivity contribution in [2.75, 3.05) is 16.0 Å². The first kappa shape index (κ1) is 15.6. The molecule has 0 aliphatic carbocycles. The smallest absolute Gasteiger partial charge is 0.333 e. The van der Waals surface area contributed by atoms with Crippen LogP contribution in [-0.4, -0.2) is 11.9 Å². The molecule has 0 aliphatic heterocycles. The molecule has 5 nitrogen and oxygen atoms in total. The minimum atomic E-state index is -0.511. The molecule has 0 atom stereocenters. The van der Waals surface area contributed by atoms with Crippen LogP contribution in [0.15, 0.2) is 66.7 Å². The molecule has 5 heteroatoms. The highest BCUT2D eigenvalue weighted by atomic mass is 16.2. The zero-order chi connectivity index (χ0) is 17.1. The number of amides is 3. The maximum absolute atomic E-state index is 12.6. The predicted molar refractivity (Wildman–Crippen MR) is 97.0 cm³/mol. The van der Waals surface area contributed by atoms with Gasteiger partial charge in [-0.05, 0) is 35.7 Å². The molecule has 0 heterocycles. The van der Waals surface area contributed by atoms with Crippen LogP contribution < -0.4 is 16.0 Å². The van der Waals surface area contributed by atoms with Crippen molar-refractivity contribution >= 4 is 39.8 Å². The van der Waals surface area contributed by atoms with E-state index in [0.717, 1.165) is 15.7 Å². The second kappa shape index (κ2) is 6.42. The summed E-state index contributed by atoms with van der Waals surface area (Å²) in [6.07, 6.45) is 0. The van der Waals surface area contributed by atoms with Crippen LogP contribution in [-0.2, 0) is 4.79 Å². The number of rotatable bonds is 2. The molecule has 0 bridgehead atoms. The van der Waals surface area contributed by atoms with Crippen LogP contribution in [0.5, 0.6) is 0 Å². The molecule has 3 rings (SSSR count). The Bertz CT molecular complexity index is 899. The van der Waals surface area contributed by atoms with E-state index in [1.807, 2.05) is 42.5 Å². The van der Waals surface area contributed by atoms with Gasteiger partial charge in [-0.3, -0.25) is 4.79 Å². The molecule has 0 unspecified atom stereocenters. The highest BCUT2D eigenvalue weighted by molar-refractivity contribution is 6.19. The maximum Gasteiger partial charge on any atom is 0.333 e. The zero-order valence-electron chi connectivity index (χ0n) is 13.2. The summed E-state index contributed by atoms with van der Waals surface area (Å²) in [7, 11) is 0. The summed E-state index contributed by atoms with van der Waals surface area (Å²) in [4.78, 5) is 25.7. The van der Waals surface area contributed by atoms with Gasteiger partial charge in [0, 0.05) is 18.0 Å². The molecule has 120 valence electrons. The molecular formula is C19H17N3O2. The Labute approximate surface area is 139 Å². The fourth-order valence-electron chi connectivity index (χ4n) is 2.57. The number of nitrogens with two attached hydrogens (primary N) is 1. The molecule has 0 aliphatic rings. The first-order chi connectivity index (χ1) is 11.6. The van der Waals surface area contributed by atoms with Crippen LogP contribution in [0.4, 0.5) is 21.9 Å². The van der Waals surface area contributed by atoms with Gasteiger partial charge < -0.3 is 11.1 Å². The highest BCUT2D eigenvalue weighted by Gasteiger charge is 2.20. The number of hydrogen-bond donors (Lipinski definition) is 2. The van der Waals surface area contributed by atoms with E-state index in [9.17, 15) is 9.59 Å². The van der Waals surface area contributed by atoms with Crippen molar-refractivity contribution in [1.82, 2.24) is 0 Å². The average Bonchev–Trinajstić information content (AvgIpc) is 2.57. The lowest BCUT2D eigenvalue weighted by Gasteiger charge is -2.20. The first-order valence-electron chi connectivity index (χ1n) is 7.51. The second-order valence-corrected chi connectivity index (χ2v) is 5.40. The van der Waals surface area contributed by atoms with Crippen LogP contribution in [0.1, 0.15) is 6.92 Å². The minimum Gasteiger partial charge on any atom is -0.399 e. The summed E-state index contributed by atoms with van der Waals surface area (Å²) in [6.45, 7) is 1.35. The molecule has 0 saturated carbocycles. The number of hydrogen-bond acceptors (Lipinski definition) is 3. The van der Waals surface area contributed by atoms with Crippen molar-refractivity contribution in [1.29, 1.82) is 0 Å². The fourth-order valence-corrected chi connectivity index (χ4v) is 2.57. The zero-order valence-corrected chi connectivity index (χ0v) is 13.2. The molecule has 3 aromatic carbocycles. The van der Waals surface area contributed by atoms with Crippen molar-refractivity contribution in [3.63, 3.8) is 0 Å². The lowest BCUT2D eigenvalue weighted by molar-refractivity contribution is -0.115. The SMILES string of the molecule is CC(=O)N(C(=O)Nc1cccc2ccccc12)c1ccc(N)cc1. The molecule has 3 N–H and O–H groups in total. The molecular weight excluding hydrogens is 302 g/mol. The Hall–Kier alpha value is -3.34. The van der Waals surface area contributed by atoms with Crippen LogP contribution >= 0.6 is 0 Å². The number of nitrogens with zero attached hydrogens (tertiary/aromatic N) is 1. The lowest BCUT2D eigenvalue weighted by atomic mass is 10.1. The van der Waals surface area contributed by atoms with Crippen molar-refractivity contribution in [3.8, 4) is 0 Å². The third-order valence-corrected chi connectivity index (χ3v) is 3.70. The van der Waals surface area contributed by atoms with Gasteiger partial charge in [0.05, 0.1) is 11.4 Å². The summed E-state index contributed by atoms with van der Waals surface area (Å²) in [5.74, 6) is -0.377. The summed E-state index contributed by atoms with van der Waals surface area (Å²) in [5.41, 5.74) is 7.35. The predicted octanol–water partition coefficient (Wildman–Crippen LogP) is 4.01. The molecule has 0 spiro atoms. The number of fused-ring (bicyclic) bond motifs is 1. The number of nitrogen functional groups attached to an aromatic ring is 1. The van der Waals surface area contributed by atoms with E-state index in [-0.39, 0.29) is 5.91 Å². The third-order valence-electron chi connectivity index (χ3n) is 3.70. The van der Waals surface area contributed by atoms with Gasteiger partial charge in [-0.25, -0.2) is 9.69 Å². The van der Waals surface area contributed by atoms with Crippen LogP contribution in [0.3, 0.4) is 0 Å². The van der Waals surface area contributed by atoms with Gasteiger partial charge in [-0.2, -0.15) is 0 Å². The second-order valence-electron chi connectivity index (χ2n) is 5.40. The molecule has 24 heavy (non-hydrogen) atoms. The van der Waals surface area contributed by atoms with E-state index in [0.29, 0.717) is 17.1 Å². The van der Waals surface area contributed by atoms with Crippen LogP contribution in [0.25, 0.3) is 10.8 Å². The first-order valence-corrected chi connectivity index (χ1v) is 7.51. The number of anilines is 3. The van der Waals surface area contributed by atoms with Gasteiger partial charge >= 0.3 is 6.03 Å². The Morgan fingerprint density at radius 3 is 2.29 bits per heavy atom. The van der Waals surface area contributed by atoms with E-state index in [2.05, 4.69) is 5.32 Å². The Balaban J connectivity index is 1.93. The molecule has 0 aromatic heterocycles. The van der Waals surface area contributed by atoms with Gasteiger partial charge in [-0.1, -0.05) is 36.4 Å². The van der Waals surface area contributed by atoms with E-state index < -0.39 is 6.03 Å².